The number of aliphatic carboxylic acids is 1. The maximum atomic E-state index is 12.1. The Bertz CT molecular complexity index is 869. The van der Waals surface area contributed by atoms with Crippen molar-refractivity contribution in [2.75, 3.05) is 5.32 Å². The minimum atomic E-state index is -5.01. The molecule has 0 radical (unpaired) electrons. The third-order valence-corrected chi connectivity index (χ3v) is 3.70. The molecule has 9 nitrogen and oxygen atoms in total. The van der Waals surface area contributed by atoms with Crippen LogP contribution in [0.1, 0.15) is 40.3 Å². The summed E-state index contributed by atoms with van der Waals surface area (Å²) in [4.78, 5) is 43.3. The molecule has 0 aromatic carbocycles. The van der Waals surface area contributed by atoms with Crippen molar-refractivity contribution in [1.82, 2.24) is 4.98 Å². The van der Waals surface area contributed by atoms with Crippen LogP contribution in [0, 0.1) is 0 Å². The van der Waals surface area contributed by atoms with Gasteiger partial charge in [-0.3, -0.25) is 4.79 Å². The molecule has 30 heavy (non-hydrogen) atoms. The van der Waals surface area contributed by atoms with Crippen LogP contribution in [0.25, 0.3) is 0 Å². The largest absolute Gasteiger partial charge is 0.476 e. The van der Waals surface area contributed by atoms with Gasteiger partial charge in [-0.15, -0.1) is 11.3 Å². The third-order valence-electron chi connectivity index (χ3n) is 2.93. The molecule has 0 bridgehead atoms. The average Bonchev–Trinajstić information content (AvgIpc) is 3.00. The molecule has 0 spiro atoms. The van der Waals surface area contributed by atoms with E-state index < -0.39 is 40.8 Å². The standard InChI is InChI=1S/C17H20F3N3O6S/c1-15(2,3)28-13(27)16(4,5)29-23-11(12(25)26)9-8-30-14(22-9)21-7-6-10(24)17(18,19)20/h6-8H,1-5H3,(H,21,22)(H,25,26)/b7-6+,23-11+. The van der Waals surface area contributed by atoms with E-state index in [1.165, 1.54) is 19.2 Å². The van der Waals surface area contributed by atoms with Crippen LogP contribution in [0.5, 0.6) is 0 Å². The summed E-state index contributed by atoms with van der Waals surface area (Å²) in [6.07, 6.45) is -4.02. The number of anilines is 1. The summed E-state index contributed by atoms with van der Waals surface area (Å²) in [6.45, 7) is 7.61. The van der Waals surface area contributed by atoms with E-state index in [4.69, 9.17) is 9.57 Å². The number of allylic oxidation sites excluding steroid dienone is 1. The zero-order chi connectivity index (χ0) is 23.3. The monoisotopic (exact) mass is 451 g/mol. The number of esters is 1. The maximum absolute atomic E-state index is 12.1. The van der Waals surface area contributed by atoms with Crippen LogP contribution in [0.15, 0.2) is 22.8 Å². The van der Waals surface area contributed by atoms with E-state index in [9.17, 15) is 32.7 Å². The number of ether oxygens (including phenoxy) is 1. The van der Waals surface area contributed by atoms with Crippen LogP contribution in [0.2, 0.25) is 0 Å². The van der Waals surface area contributed by atoms with E-state index in [0.29, 0.717) is 0 Å². The quantitative estimate of drug-likeness (QED) is 0.267. The topological polar surface area (TPSA) is 127 Å². The Balaban J connectivity index is 2.94. The van der Waals surface area contributed by atoms with Gasteiger partial charge < -0.3 is 20.0 Å². The van der Waals surface area contributed by atoms with Crippen molar-refractivity contribution < 1.29 is 42.2 Å². The molecule has 1 rings (SSSR count). The van der Waals surface area contributed by atoms with Gasteiger partial charge in [0, 0.05) is 17.7 Å². The summed E-state index contributed by atoms with van der Waals surface area (Å²) < 4.78 is 41.6. The van der Waals surface area contributed by atoms with Crippen LogP contribution in [0.3, 0.4) is 0 Å². The first-order valence-corrected chi connectivity index (χ1v) is 9.14. The molecule has 166 valence electrons. The van der Waals surface area contributed by atoms with Crippen molar-refractivity contribution >= 4 is 39.9 Å². The maximum Gasteiger partial charge on any atom is 0.454 e. The van der Waals surface area contributed by atoms with E-state index in [2.05, 4.69) is 15.5 Å². The van der Waals surface area contributed by atoms with Crippen molar-refractivity contribution in [2.24, 2.45) is 5.16 Å². The Kier molecular flexibility index (Phi) is 7.72. The van der Waals surface area contributed by atoms with E-state index in [1.54, 1.807) is 20.8 Å². The Morgan fingerprint density at radius 3 is 2.30 bits per heavy atom. The lowest BCUT2D eigenvalue weighted by molar-refractivity contribution is -0.179. The highest BCUT2D eigenvalue weighted by atomic mass is 32.1. The number of alkyl halides is 3. The number of halogens is 3. The van der Waals surface area contributed by atoms with Gasteiger partial charge in [0.05, 0.1) is 0 Å². The third kappa shape index (κ3) is 7.81. The number of carboxylic acids is 1. The van der Waals surface area contributed by atoms with E-state index in [0.717, 1.165) is 17.5 Å². The van der Waals surface area contributed by atoms with Gasteiger partial charge in [0.1, 0.15) is 11.3 Å². The highest BCUT2D eigenvalue weighted by Gasteiger charge is 2.37. The number of thiazole rings is 1. The molecule has 2 N–H and O–H groups in total. The first kappa shape index (κ1) is 25.1. The molecule has 13 heteroatoms. The number of carbonyl (C=O) groups excluding carboxylic acids is 2. The number of nitrogens with zero attached hydrogens (tertiary/aromatic N) is 2. The lowest BCUT2D eigenvalue weighted by Gasteiger charge is -2.26. The molecule has 1 heterocycles. The Morgan fingerprint density at radius 1 is 1.20 bits per heavy atom. The number of carbonyl (C=O) groups is 3. The fourth-order valence-electron chi connectivity index (χ4n) is 1.53. The number of hydrogen-bond acceptors (Lipinski definition) is 9. The van der Waals surface area contributed by atoms with Gasteiger partial charge in [-0.05, 0) is 34.6 Å². The van der Waals surface area contributed by atoms with Crippen LogP contribution in [0.4, 0.5) is 18.3 Å². The Labute approximate surface area is 173 Å². The molecule has 1 aromatic rings. The van der Waals surface area contributed by atoms with Gasteiger partial charge >= 0.3 is 18.1 Å². The number of nitrogens with one attached hydrogen (secondary N) is 1. The molecule has 0 saturated heterocycles. The van der Waals surface area contributed by atoms with Crippen molar-refractivity contribution in [2.45, 2.75) is 52.0 Å². The van der Waals surface area contributed by atoms with Gasteiger partial charge in [-0.1, -0.05) is 5.16 Å². The Morgan fingerprint density at radius 2 is 1.80 bits per heavy atom. The first-order chi connectivity index (χ1) is 13.5. The second-order valence-electron chi connectivity index (χ2n) is 7.23. The second kappa shape index (κ2) is 9.24. The summed E-state index contributed by atoms with van der Waals surface area (Å²) in [5.74, 6) is -4.37. The molecule has 0 aliphatic heterocycles. The molecule has 1 aromatic heterocycles. The van der Waals surface area contributed by atoms with Crippen LogP contribution in [-0.2, 0) is 24.0 Å². The lowest BCUT2D eigenvalue weighted by Crippen LogP contribution is -2.40. The van der Waals surface area contributed by atoms with Gasteiger partial charge in [-0.2, -0.15) is 13.2 Å². The zero-order valence-corrected chi connectivity index (χ0v) is 17.5. The molecule has 0 amide bonds. The fraction of sp³-hybridized carbons (Fsp3) is 0.471. The van der Waals surface area contributed by atoms with Gasteiger partial charge in [0.25, 0.3) is 5.78 Å². The number of rotatable bonds is 8. The zero-order valence-electron chi connectivity index (χ0n) is 16.7. The van der Waals surface area contributed by atoms with Crippen molar-refractivity contribution in [1.29, 1.82) is 0 Å². The SMILES string of the molecule is CC(C)(C)OC(=O)C(C)(C)O/N=C(/C(=O)O)c1csc(N/C=C/C(=O)C(F)(F)F)n1. The summed E-state index contributed by atoms with van der Waals surface area (Å²) in [7, 11) is 0. The van der Waals surface area contributed by atoms with Gasteiger partial charge in [0.2, 0.25) is 11.3 Å². The number of oxime groups is 1. The summed E-state index contributed by atoms with van der Waals surface area (Å²) in [5, 5.41) is 16.4. The molecular formula is C17H20F3N3O6S. The minimum absolute atomic E-state index is 0.00317. The Hall–Kier alpha value is -2.96. The van der Waals surface area contributed by atoms with E-state index in [-0.39, 0.29) is 16.9 Å². The molecule has 0 atom stereocenters. The number of ketones is 1. The summed E-state index contributed by atoms with van der Waals surface area (Å²) in [5.41, 5.74) is -3.23. The number of aromatic nitrogens is 1. The summed E-state index contributed by atoms with van der Waals surface area (Å²) >= 11 is 0.845. The van der Waals surface area contributed by atoms with Crippen LogP contribution < -0.4 is 5.32 Å². The lowest BCUT2D eigenvalue weighted by atomic mass is 10.1. The normalized spacial score (nSPS) is 13.3. The molecule has 0 aliphatic rings. The number of hydrogen-bond donors (Lipinski definition) is 2. The van der Waals surface area contributed by atoms with Crippen molar-refractivity contribution in [3.63, 3.8) is 0 Å². The average molecular weight is 451 g/mol. The first-order valence-electron chi connectivity index (χ1n) is 8.26. The van der Waals surface area contributed by atoms with Crippen LogP contribution in [-0.4, -0.2) is 50.9 Å². The van der Waals surface area contributed by atoms with Crippen molar-refractivity contribution in [3.05, 3.63) is 23.3 Å². The highest BCUT2D eigenvalue weighted by Crippen LogP contribution is 2.21. The smallest absolute Gasteiger partial charge is 0.454 e. The van der Waals surface area contributed by atoms with Crippen LogP contribution >= 0.6 is 11.3 Å². The molecule has 0 unspecified atom stereocenters. The van der Waals surface area contributed by atoms with Gasteiger partial charge in [-0.25, -0.2) is 14.6 Å². The molecule has 0 aliphatic carbocycles. The molecule has 0 saturated carbocycles. The van der Waals surface area contributed by atoms with Crippen molar-refractivity contribution in [3.8, 4) is 0 Å². The molecular weight excluding hydrogens is 431 g/mol. The fourth-order valence-corrected chi connectivity index (χ4v) is 2.20. The number of carboxylic acid groups (broad SMARTS) is 1. The predicted octanol–water partition coefficient (Wildman–Crippen LogP) is 3.13. The van der Waals surface area contributed by atoms with E-state index in [1.807, 2.05) is 0 Å². The minimum Gasteiger partial charge on any atom is -0.476 e. The van der Waals surface area contributed by atoms with Gasteiger partial charge in [0.15, 0.2) is 5.13 Å². The predicted molar refractivity (Wildman–Crippen MR) is 101 cm³/mol. The van der Waals surface area contributed by atoms with E-state index >= 15 is 0 Å². The highest BCUT2D eigenvalue weighted by molar-refractivity contribution is 7.14. The summed E-state index contributed by atoms with van der Waals surface area (Å²) in [6, 6.07) is 0. The second-order valence-corrected chi connectivity index (χ2v) is 8.08. The molecule has 0 fully saturated rings.